The molecular weight excluding hydrogens is 164 g/mol. The molecule has 1 fully saturated rings. The average Bonchev–Trinajstić information content (AvgIpc) is 2.05. The van der Waals surface area contributed by atoms with Gasteiger partial charge in [0.05, 0.1) is 6.04 Å². The van der Waals surface area contributed by atoms with E-state index in [-0.39, 0.29) is 24.4 Å². The number of halogens is 1. The van der Waals surface area contributed by atoms with Gasteiger partial charge in [-0.1, -0.05) is 6.42 Å². The molecule has 2 N–H and O–H groups in total. The van der Waals surface area contributed by atoms with Gasteiger partial charge >= 0.3 is 0 Å². The van der Waals surface area contributed by atoms with E-state index in [1.54, 1.807) is 7.05 Å². The van der Waals surface area contributed by atoms with Crippen LogP contribution in [0.3, 0.4) is 0 Å². The lowest BCUT2D eigenvalue weighted by atomic mass is 10.0. The minimum atomic E-state index is 0. The third-order valence-electron chi connectivity index (χ3n) is 1.87. The summed E-state index contributed by atoms with van der Waals surface area (Å²) in [6.45, 7) is 0.984. The van der Waals surface area contributed by atoms with E-state index >= 15 is 0 Å². The first kappa shape index (κ1) is 10.7. The second-order valence-electron chi connectivity index (χ2n) is 2.62. The number of hydrogen-bond donors (Lipinski definition) is 2. The van der Waals surface area contributed by atoms with Crippen LogP contribution in [0.4, 0.5) is 0 Å². The van der Waals surface area contributed by atoms with Crippen molar-refractivity contribution in [1.82, 2.24) is 10.6 Å². The fourth-order valence-corrected chi connectivity index (χ4v) is 1.25. The molecule has 1 aliphatic rings. The van der Waals surface area contributed by atoms with Crippen LogP contribution >= 0.6 is 12.4 Å². The molecule has 3 nitrogen and oxygen atoms in total. The maximum Gasteiger partial charge on any atom is 0.236 e. The first-order valence-electron chi connectivity index (χ1n) is 3.79. The quantitative estimate of drug-likeness (QED) is 0.607. The lowest BCUT2D eigenvalue weighted by molar-refractivity contribution is -0.123. The molecule has 0 radical (unpaired) electrons. The molecule has 4 heteroatoms. The zero-order valence-corrected chi connectivity index (χ0v) is 7.54. The Morgan fingerprint density at radius 1 is 1.55 bits per heavy atom. The topological polar surface area (TPSA) is 41.1 Å². The van der Waals surface area contributed by atoms with Crippen molar-refractivity contribution in [1.29, 1.82) is 0 Å². The van der Waals surface area contributed by atoms with Crippen molar-refractivity contribution in [2.45, 2.75) is 25.3 Å². The minimum Gasteiger partial charge on any atom is -0.358 e. The van der Waals surface area contributed by atoms with Crippen LogP contribution in [-0.2, 0) is 4.79 Å². The smallest absolute Gasteiger partial charge is 0.236 e. The molecule has 1 aliphatic heterocycles. The Labute approximate surface area is 73.3 Å². The van der Waals surface area contributed by atoms with Crippen LogP contribution in [0.25, 0.3) is 0 Å². The lowest BCUT2D eigenvalue weighted by Gasteiger charge is -2.21. The largest absolute Gasteiger partial charge is 0.358 e. The van der Waals surface area contributed by atoms with Gasteiger partial charge in [0.15, 0.2) is 0 Å². The number of likely N-dealkylation sites (N-methyl/N-ethyl adjacent to an activating group) is 1. The second-order valence-corrected chi connectivity index (χ2v) is 2.62. The third-order valence-corrected chi connectivity index (χ3v) is 1.87. The van der Waals surface area contributed by atoms with Crippen molar-refractivity contribution in [2.24, 2.45) is 0 Å². The van der Waals surface area contributed by atoms with E-state index in [0.29, 0.717) is 0 Å². The molecule has 0 aliphatic carbocycles. The first-order chi connectivity index (χ1) is 4.84. The van der Waals surface area contributed by atoms with Gasteiger partial charge in [0.1, 0.15) is 0 Å². The van der Waals surface area contributed by atoms with Crippen LogP contribution in [0.1, 0.15) is 19.3 Å². The van der Waals surface area contributed by atoms with Crippen molar-refractivity contribution in [2.75, 3.05) is 13.6 Å². The summed E-state index contributed by atoms with van der Waals surface area (Å²) in [6.07, 6.45) is 3.36. The van der Waals surface area contributed by atoms with Crippen molar-refractivity contribution in [3.8, 4) is 0 Å². The summed E-state index contributed by atoms with van der Waals surface area (Å²) >= 11 is 0. The molecular formula is C7H15ClN2O. The maximum absolute atomic E-state index is 11.0. The first-order valence-corrected chi connectivity index (χ1v) is 3.79. The van der Waals surface area contributed by atoms with Gasteiger partial charge in [-0.3, -0.25) is 4.79 Å². The Kier molecular flexibility index (Phi) is 5.24. The summed E-state index contributed by atoms with van der Waals surface area (Å²) in [4.78, 5) is 11.0. The minimum absolute atomic E-state index is 0. The van der Waals surface area contributed by atoms with E-state index in [0.717, 1.165) is 13.0 Å². The summed E-state index contributed by atoms with van der Waals surface area (Å²) in [5.74, 6) is 0.125. The van der Waals surface area contributed by atoms with Crippen molar-refractivity contribution in [3.05, 3.63) is 0 Å². The number of hydrogen-bond acceptors (Lipinski definition) is 2. The average molecular weight is 179 g/mol. The molecule has 1 saturated heterocycles. The van der Waals surface area contributed by atoms with E-state index in [4.69, 9.17) is 0 Å². The zero-order chi connectivity index (χ0) is 7.40. The number of carbonyl (C=O) groups is 1. The molecule has 1 heterocycles. The number of amides is 1. The van der Waals surface area contributed by atoms with E-state index in [9.17, 15) is 4.79 Å². The van der Waals surface area contributed by atoms with Gasteiger partial charge in [-0.2, -0.15) is 0 Å². The molecule has 1 atom stereocenters. The second kappa shape index (κ2) is 5.38. The molecule has 66 valence electrons. The number of nitrogens with one attached hydrogen (secondary N) is 2. The SMILES string of the molecule is CNC(=O)C1CCCCN1.Cl. The van der Waals surface area contributed by atoms with E-state index in [2.05, 4.69) is 10.6 Å². The van der Waals surface area contributed by atoms with Crippen molar-refractivity contribution < 1.29 is 4.79 Å². The molecule has 1 amide bonds. The fourth-order valence-electron chi connectivity index (χ4n) is 1.25. The van der Waals surface area contributed by atoms with E-state index < -0.39 is 0 Å². The number of carbonyl (C=O) groups excluding carboxylic acids is 1. The Hall–Kier alpha value is -0.280. The van der Waals surface area contributed by atoms with Crippen LogP contribution in [0.15, 0.2) is 0 Å². The predicted molar refractivity (Wildman–Crippen MR) is 47.0 cm³/mol. The summed E-state index contributed by atoms with van der Waals surface area (Å²) < 4.78 is 0. The van der Waals surface area contributed by atoms with Crippen molar-refractivity contribution >= 4 is 18.3 Å². The summed E-state index contributed by atoms with van der Waals surface area (Å²) in [5, 5.41) is 5.79. The molecule has 0 aromatic carbocycles. The van der Waals surface area contributed by atoms with E-state index in [1.165, 1.54) is 12.8 Å². The van der Waals surface area contributed by atoms with E-state index in [1.807, 2.05) is 0 Å². The Morgan fingerprint density at radius 3 is 2.73 bits per heavy atom. The molecule has 1 rings (SSSR count). The lowest BCUT2D eigenvalue weighted by Crippen LogP contribution is -2.45. The number of piperidine rings is 1. The molecule has 0 saturated carbocycles. The van der Waals surface area contributed by atoms with Crippen molar-refractivity contribution in [3.63, 3.8) is 0 Å². The highest BCUT2D eigenvalue weighted by Gasteiger charge is 2.18. The highest BCUT2D eigenvalue weighted by molar-refractivity contribution is 5.85. The molecule has 0 aromatic rings. The van der Waals surface area contributed by atoms with Crippen LogP contribution in [0.2, 0.25) is 0 Å². The molecule has 1 unspecified atom stereocenters. The predicted octanol–water partition coefficient (Wildman–Crippen LogP) is 0.296. The van der Waals surface area contributed by atoms with Crippen LogP contribution in [-0.4, -0.2) is 25.5 Å². The monoisotopic (exact) mass is 178 g/mol. The zero-order valence-electron chi connectivity index (χ0n) is 6.72. The summed E-state index contributed by atoms with van der Waals surface area (Å²) in [7, 11) is 1.68. The van der Waals surface area contributed by atoms with Crippen LogP contribution < -0.4 is 10.6 Å². The Morgan fingerprint density at radius 2 is 2.27 bits per heavy atom. The molecule has 0 bridgehead atoms. The number of rotatable bonds is 1. The van der Waals surface area contributed by atoms with Crippen LogP contribution in [0.5, 0.6) is 0 Å². The standard InChI is InChI=1S/C7H14N2O.ClH/c1-8-7(10)6-4-2-3-5-9-6;/h6,9H,2-5H2,1H3,(H,8,10);1H. The van der Waals surface area contributed by atoms with Gasteiger partial charge in [-0.05, 0) is 19.4 Å². The van der Waals surface area contributed by atoms with Gasteiger partial charge in [0, 0.05) is 7.05 Å². The van der Waals surface area contributed by atoms with Gasteiger partial charge in [-0.25, -0.2) is 0 Å². The van der Waals surface area contributed by atoms with Gasteiger partial charge in [0.25, 0.3) is 0 Å². The highest BCUT2D eigenvalue weighted by atomic mass is 35.5. The maximum atomic E-state index is 11.0. The van der Waals surface area contributed by atoms with Gasteiger partial charge in [-0.15, -0.1) is 12.4 Å². The van der Waals surface area contributed by atoms with Crippen LogP contribution in [0, 0.1) is 0 Å². The normalized spacial score (nSPS) is 23.5. The highest BCUT2D eigenvalue weighted by Crippen LogP contribution is 2.05. The summed E-state index contributed by atoms with van der Waals surface area (Å²) in [6, 6.07) is 0.0683. The Bertz CT molecular complexity index is 124. The molecule has 11 heavy (non-hydrogen) atoms. The molecule has 0 spiro atoms. The van der Waals surface area contributed by atoms with Gasteiger partial charge < -0.3 is 10.6 Å². The molecule has 0 aromatic heterocycles. The summed E-state index contributed by atoms with van der Waals surface area (Å²) in [5.41, 5.74) is 0. The Balaban J connectivity index is 0.000001000. The van der Waals surface area contributed by atoms with Gasteiger partial charge in [0.2, 0.25) is 5.91 Å². The fraction of sp³-hybridized carbons (Fsp3) is 0.857. The third kappa shape index (κ3) is 3.08.